The first-order valence-electron chi connectivity index (χ1n) is 43.7. The van der Waals surface area contributed by atoms with Crippen molar-refractivity contribution in [3.05, 3.63) is 447 Å². The highest BCUT2D eigenvalue weighted by Crippen LogP contribution is 2.49. The van der Waals surface area contributed by atoms with Gasteiger partial charge in [-0.1, -0.05) is 261 Å². The number of benzene rings is 16. The van der Waals surface area contributed by atoms with E-state index in [0.29, 0.717) is 45.0 Å². The van der Waals surface area contributed by atoms with E-state index in [2.05, 4.69) is 322 Å². The lowest BCUT2D eigenvalue weighted by atomic mass is 9.96. The van der Waals surface area contributed by atoms with Crippen LogP contribution in [-0.2, 0) is 0 Å². The maximum Gasteiger partial charge on any atom is 0.104 e. The number of fused-ring (bicyclic) bond motifs is 12. The summed E-state index contributed by atoms with van der Waals surface area (Å²) in [5.41, 5.74) is 31.6. The van der Waals surface area contributed by atoms with Crippen LogP contribution in [0.5, 0.6) is 0 Å². The van der Waals surface area contributed by atoms with E-state index in [1.54, 1.807) is 0 Å². The number of aromatic nitrogens is 8. The summed E-state index contributed by atoms with van der Waals surface area (Å²) < 4.78 is 9.00. The Balaban J connectivity index is 0.743. The first-order chi connectivity index (χ1) is 65.2. The van der Waals surface area contributed by atoms with Crippen molar-refractivity contribution in [2.45, 2.75) is 0 Å². The van der Waals surface area contributed by atoms with E-state index in [9.17, 15) is 21.0 Å². The Bertz CT molecular complexity index is 9010. The first kappa shape index (κ1) is 76.9. The third-order valence-corrected chi connectivity index (χ3v) is 25.9. The Morgan fingerprint density at radius 1 is 0.174 bits per heavy atom. The van der Waals surface area contributed by atoms with E-state index < -0.39 is 0 Å². The standard InChI is InChI=1S/C120H70N12/c121-67-75-20-17-30-81(56-75)92-63-116(129-109-36-16-14-33-96(109)99-58-83(44-53-110(99)129)88-40-49-104(125-71-88)77-22-5-1-6-23-77)102(69-123)117(64-92)130-112-54-45-84(89-41-50-105(126-72-89)78-24-7-2-8-25-78)59-101(112)120-94(34-19-37-113(120)130)87-46-55-111-100(60-87)98-48-39-86(91-43-52-107(128-74-91)80-28-11-4-12-29-80)62-115(98)132(111)119-66-93(82-31-18-21-76(57-82)68-122)65-118(103(119)70-124)131-108-35-15-13-32-95(108)97-47-38-85(61-114(97)131)90-42-51-106(127-73-90)79-26-9-3-10-27-79/h1-66,71-74H. The van der Waals surface area contributed by atoms with Crippen LogP contribution in [-0.4, -0.2) is 38.2 Å². The van der Waals surface area contributed by atoms with E-state index in [4.69, 9.17) is 19.9 Å². The van der Waals surface area contributed by atoms with Gasteiger partial charge in [-0.25, -0.2) is 0 Å². The zero-order valence-electron chi connectivity index (χ0n) is 70.8. The van der Waals surface area contributed by atoms with Crippen molar-refractivity contribution in [1.82, 2.24) is 38.2 Å². The Kier molecular flexibility index (Phi) is 18.5. The van der Waals surface area contributed by atoms with Crippen LogP contribution in [0.15, 0.2) is 425 Å². The molecule has 0 unspecified atom stereocenters. The van der Waals surface area contributed by atoms with Gasteiger partial charge < -0.3 is 18.3 Å². The summed E-state index contributed by atoms with van der Waals surface area (Å²) in [5, 5.41) is 54.0. The van der Waals surface area contributed by atoms with Crippen LogP contribution in [0.2, 0.25) is 0 Å². The molecule has 0 aliphatic carbocycles. The van der Waals surface area contributed by atoms with Crippen molar-refractivity contribution in [1.29, 1.82) is 21.0 Å². The van der Waals surface area contributed by atoms with E-state index in [0.717, 1.165) is 210 Å². The van der Waals surface area contributed by atoms with Crippen molar-refractivity contribution < 1.29 is 0 Å². The van der Waals surface area contributed by atoms with Gasteiger partial charge in [0.2, 0.25) is 0 Å². The summed E-state index contributed by atoms with van der Waals surface area (Å²) in [6, 6.07) is 148. The predicted octanol–water partition coefficient (Wildman–Crippen LogP) is 29.5. The molecular weight excluding hydrogens is 1610 g/mol. The lowest BCUT2D eigenvalue weighted by Gasteiger charge is -2.19. The van der Waals surface area contributed by atoms with Gasteiger partial charge in [0.15, 0.2) is 0 Å². The monoisotopic (exact) mass is 1680 g/mol. The first-order valence-corrected chi connectivity index (χ1v) is 43.7. The van der Waals surface area contributed by atoms with Crippen LogP contribution >= 0.6 is 0 Å². The highest BCUT2D eigenvalue weighted by molar-refractivity contribution is 6.20. The highest BCUT2D eigenvalue weighted by atomic mass is 15.0. The van der Waals surface area contributed by atoms with Crippen LogP contribution in [0, 0.1) is 45.3 Å². The number of rotatable bonds is 15. The van der Waals surface area contributed by atoms with Gasteiger partial charge >= 0.3 is 0 Å². The molecule has 0 aliphatic heterocycles. The molecule has 0 spiro atoms. The molecule has 0 amide bonds. The van der Waals surface area contributed by atoms with Gasteiger partial charge in [-0.3, -0.25) is 19.9 Å². The van der Waals surface area contributed by atoms with Gasteiger partial charge in [-0.05, 0) is 195 Å². The van der Waals surface area contributed by atoms with Crippen LogP contribution < -0.4 is 0 Å². The average Bonchev–Trinajstić information content (AvgIpc) is 1.55. The number of hydrogen-bond donors (Lipinski definition) is 0. The summed E-state index contributed by atoms with van der Waals surface area (Å²) in [6.45, 7) is 0. The summed E-state index contributed by atoms with van der Waals surface area (Å²) >= 11 is 0. The average molecular weight is 1680 g/mol. The van der Waals surface area contributed by atoms with Crippen LogP contribution in [0.1, 0.15) is 22.3 Å². The third kappa shape index (κ3) is 13.0. The van der Waals surface area contributed by atoms with Gasteiger partial charge in [-0.2, -0.15) is 21.0 Å². The largest absolute Gasteiger partial charge is 0.308 e. The Morgan fingerprint density at radius 2 is 0.462 bits per heavy atom. The van der Waals surface area contributed by atoms with Crippen LogP contribution in [0.3, 0.4) is 0 Å². The van der Waals surface area contributed by atoms with Gasteiger partial charge in [0, 0.05) is 112 Å². The quantitative estimate of drug-likeness (QED) is 0.0978. The Hall–Kier alpha value is -18.7. The van der Waals surface area contributed by atoms with E-state index in [1.807, 2.05) is 146 Å². The summed E-state index contributed by atoms with van der Waals surface area (Å²) in [4.78, 5) is 20.1. The van der Waals surface area contributed by atoms with Crippen LogP contribution in [0.4, 0.5) is 0 Å². The molecule has 0 N–H and O–H groups in total. The molecule has 132 heavy (non-hydrogen) atoms. The van der Waals surface area contributed by atoms with Gasteiger partial charge in [0.1, 0.15) is 23.3 Å². The van der Waals surface area contributed by atoms with Crippen molar-refractivity contribution in [3.8, 4) is 170 Å². The molecule has 24 aromatic rings. The van der Waals surface area contributed by atoms with Gasteiger partial charge in [0.05, 0.1) is 113 Å². The van der Waals surface area contributed by atoms with Gasteiger partial charge in [-0.15, -0.1) is 0 Å². The molecule has 0 fully saturated rings. The molecule has 0 radical (unpaired) electrons. The van der Waals surface area contributed by atoms with E-state index in [1.165, 1.54) is 0 Å². The molecule has 12 nitrogen and oxygen atoms in total. The second kappa shape index (κ2) is 31.7. The number of pyridine rings is 4. The second-order valence-electron chi connectivity index (χ2n) is 33.3. The molecule has 8 aromatic heterocycles. The van der Waals surface area contributed by atoms with Crippen molar-refractivity contribution in [3.63, 3.8) is 0 Å². The lowest BCUT2D eigenvalue weighted by Crippen LogP contribution is -2.05. The topological polar surface area (TPSA) is 166 Å². The maximum atomic E-state index is 12.5. The SMILES string of the molecule is N#Cc1cccc(-c2cc(-n3c4ccccc4c4ccc(-c5ccc(-c6ccccc6)nc5)cc43)c(C#N)c(-n3c4ccc(-c5cccc6c5c5cc(-c7ccc(-c8ccccc8)nc7)ccc5n6-c5cc(-c6cccc(C#N)c6)cc(-n6c7ccccc7c7cc(-c8ccc(-c9ccccc9)nc8)ccc76)c5C#N)cc4c4ccc(-c5ccc(-c6ccccc6)nc5)cc43)c2)c1. The molecule has 24 rings (SSSR count). The molecule has 610 valence electrons. The normalized spacial score (nSPS) is 11.5. The molecule has 12 heteroatoms. The minimum Gasteiger partial charge on any atom is -0.308 e. The Labute approximate surface area is 758 Å². The minimum atomic E-state index is 0.422. The fourth-order valence-corrected chi connectivity index (χ4v) is 19.6. The summed E-state index contributed by atoms with van der Waals surface area (Å²) in [7, 11) is 0. The number of nitriles is 4. The van der Waals surface area contributed by atoms with Crippen molar-refractivity contribution in [2.24, 2.45) is 0 Å². The molecule has 16 aromatic carbocycles. The number of para-hydroxylation sites is 2. The third-order valence-electron chi connectivity index (χ3n) is 25.9. The molecule has 8 heterocycles. The van der Waals surface area contributed by atoms with Crippen LogP contribution in [0.25, 0.3) is 233 Å². The number of hydrogen-bond acceptors (Lipinski definition) is 8. The minimum absolute atomic E-state index is 0.422. The number of nitrogens with zero attached hydrogens (tertiary/aromatic N) is 12. The highest BCUT2D eigenvalue weighted by Gasteiger charge is 2.29. The van der Waals surface area contributed by atoms with E-state index >= 15 is 0 Å². The molecule has 0 bridgehead atoms. The summed E-state index contributed by atoms with van der Waals surface area (Å²) in [6.07, 6.45) is 7.76. The smallest absolute Gasteiger partial charge is 0.104 e. The maximum absolute atomic E-state index is 12.5. The zero-order chi connectivity index (χ0) is 88.0. The Morgan fingerprint density at radius 3 is 0.864 bits per heavy atom. The molecule has 0 saturated carbocycles. The van der Waals surface area contributed by atoms with Gasteiger partial charge in [0.25, 0.3) is 0 Å². The second-order valence-corrected chi connectivity index (χ2v) is 33.3. The fourth-order valence-electron chi connectivity index (χ4n) is 19.6. The lowest BCUT2D eigenvalue weighted by molar-refractivity contribution is 1.12. The molecule has 0 aliphatic rings. The predicted molar refractivity (Wildman–Crippen MR) is 534 cm³/mol. The summed E-state index contributed by atoms with van der Waals surface area (Å²) in [5.74, 6) is 0. The van der Waals surface area contributed by atoms with E-state index in [-0.39, 0.29) is 0 Å². The van der Waals surface area contributed by atoms with Crippen molar-refractivity contribution >= 4 is 87.2 Å². The molecular formula is C120H70N12. The van der Waals surface area contributed by atoms with Crippen molar-refractivity contribution in [2.75, 3.05) is 0 Å². The molecule has 0 atom stereocenters. The fraction of sp³-hybridized carbons (Fsp3) is 0. The zero-order valence-corrected chi connectivity index (χ0v) is 70.8. The molecule has 0 saturated heterocycles.